The highest BCUT2D eigenvalue weighted by Crippen LogP contribution is 2.26. The van der Waals surface area contributed by atoms with E-state index in [-0.39, 0.29) is 11.3 Å². The van der Waals surface area contributed by atoms with Gasteiger partial charge < -0.3 is 10.6 Å². The zero-order valence-electron chi connectivity index (χ0n) is 12.2. The summed E-state index contributed by atoms with van der Waals surface area (Å²) in [6.45, 7) is 5.56. The lowest BCUT2D eigenvalue weighted by molar-refractivity contribution is -0.131. The van der Waals surface area contributed by atoms with Crippen LogP contribution in [0.15, 0.2) is 24.4 Å². The molecule has 0 aliphatic heterocycles. The molecule has 0 aliphatic carbocycles. The molecule has 0 radical (unpaired) electrons. The highest BCUT2D eigenvalue weighted by Gasteiger charge is 2.19. The van der Waals surface area contributed by atoms with Gasteiger partial charge in [0.25, 0.3) is 0 Å². The number of hydrogen-bond acceptors (Lipinski definition) is 3. The summed E-state index contributed by atoms with van der Waals surface area (Å²) in [5, 5.41) is 0. The molecule has 1 aromatic heterocycles. The Kier molecular flexibility index (Phi) is 5.96. The first kappa shape index (κ1) is 15.6. The molecule has 1 heterocycles. The molecule has 1 aromatic rings. The van der Waals surface area contributed by atoms with Crippen LogP contribution >= 0.6 is 0 Å². The summed E-state index contributed by atoms with van der Waals surface area (Å²) in [5.41, 5.74) is 6.63. The van der Waals surface area contributed by atoms with Gasteiger partial charge in [-0.15, -0.1) is 0 Å². The van der Waals surface area contributed by atoms with Crippen molar-refractivity contribution in [2.75, 3.05) is 13.6 Å². The molecule has 0 saturated heterocycles. The number of pyridine rings is 1. The number of aromatic nitrogens is 1. The molecule has 0 aliphatic rings. The monoisotopic (exact) mass is 263 g/mol. The minimum atomic E-state index is 0.135. The van der Waals surface area contributed by atoms with Crippen molar-refractivity contribution >= 4 is 5.91 Å². The molecule has 0 saturated carbocycles. The van der Waals surface area contributed by atoms with Crippen molar-refractivity contribution < 1.29 is 4.79 Å². The predicted molar refractivity (Wildman–Crippen MR) is 77.4 cm³/mol. The van der Waals surface area contributed by atoms with Gasteiger partial charge in [-0.1, -0.05) is 19.9 Å². The lowest BCUT2D eigenvalue weighted by atomic mass is 9.84. The van der Waals surface area contributed by atoms with Crippen LogP contribution in [0, 0.1) is 5.41 Å². The third-order valence-corrected chi connectivity index (χ3v) is 3.39. The minimum absolute atomic E-state index is 0.135. The number of hydrogen-bond donors (Lipinski definition) is 1. The van der Waals surface area contributed by atoms with Gasteiger partial charge in [0.05, 0.1) is 12.2 Å². The van der Waals surface area contributed by atoms with E-state index in [2.05, 4.69) is 18.8 Å². The summed E-state index contributed by atoms with van der Waals surface area (Å²) in [5.74, 6) is 0.163. The molecule has 19 heavy (non-hydrogen) atoms. The first-order chi connectivity index (χ1) is 8.94. The normalized spacial score (nSPS) is 11.4. The molecule has 1 amide bonds. The molecule has 2 N–H and O–H groups in total. The molecule has 106 valence electrons. The van der Waals surface area contributed by atoms with Crippen LogP contribution in [0.5, 0.6) is 0 Å². The van der Waals surface area contributed by atoms with E-state index in [1.807, 2.05) is 25.2 Å². The van der Waals surface area contributed by atoms with E-state index in [9.17, 15) is 4.79 Å². The van der Waals surface area contributed by atoms with Crippen LogP contribution in [-0.2, 0) is 11.3 Å². The maximum Gasteiger partial charge on any atom is 0.222 e. The second-order valence-electron chi connectivity index (χ2n) is 5.77. The molecule has 0 fully saturated rings. The van der Waals surface area contributed by atoms with Crippen LogP contribution in [-0.4, -0.2) is 29.4 Å². The molecule has 4 heteroatoms. The van der Waals surface area contributed by atoms with Crippen molar-refractivity contribution in [3.63, 3.8) is 0 Å². The first-order valence-electron chi connectivity index (χ1n) is 6.78. The van der Waals surface area contributed by atoms with Crippen LogP contribution in [0.3, 0.4) is 0 Å². The molecular formula is C15H25N3O. The molecular weight excluding hydrogens is 238 g/mol. The van der Waals surface area contributed by atoms with Gasteiger partial charge >= 0.3 is 0 Å². The highest BCUT2D eigenvalue weighted by molar-refractivity contribution is 5.75. The fraction of sp³-hybridized carbons (Fsp3) is 0.600. The summed E-state index contributed by atoms with van der Waals surface area (Å²) in [4.78, 5) is 18.0. The van der Waals surface area contributed by atoms with Crippen molar-refractivity contribution in [1.82, 2.24) is 9.88 Å². The maximum atomic E-state index is 12.1. The van der Waals surface area contributed by atoms with Gasteiger partial charge in [0, 0.05) is 19.7 Å². The standard InChI is InChI=1S/C15H25N3O/c1-15(2,9-10-16)8-7-14(19)18(3)12-13-6-4-5-11-17-13/h4-6,11H,7-10,12,16H2,1-3H3. The number of nitrogens with two attached hydrogens (primary N) is 1. The van der Waals surface area contributed by atoms with E-state index in [0.29, 0.717) is 19.5 Å². The summed E-state index contributed by atoms with van der Waals surface area (Å²) >= 11 is 0. The average Bonchev–Trinajstić information content (AvgIpc) is 2.37. The fourth-order valence-electron chi connectivity index (χ4n) is 1.97. The van der Waals surface area contributed by atoms with E-state index < -0.39 is 0 Å². The zero-order valence-corrected chi connectivity index (χ0v) is 12.2. The third kappa shape index (κ3) is 5.83. The Hall–Kier alpha value is -1.42. The van der Waals surface area contributed by atoms with Gasteiger partial charge in [-0.25, -0.2) is 0 Å². The van der Waals surface area contributed by atoms with Gasteiger partial charge in [0.2, 0.25) is 5.91 Å². The maximum absolute atomic E-state index is 12.1. The predicted octanol–water partition coefficient (Wildman–Crippen LogP) is 2.20. The van der Waals surface area contributed by atoms with Crippen LogP contribution in [0.1, 0.15) is 38.8 Å². The Labute approximate surface area is 116 Å². The average molecular weight is 263 g/mol. The van der Waals surface area contributed by atoms with Crippen molar-refractivity contribution in [3.05, 3.63) is 30.1 Å². The largest absolute Gasteiger partial charge is 0.340 e. The van der Waals surface area contributed by atoms with Crippen LogP contribution in [0.4, 0.5) is 0 Å². The summed E-state index contributed by atoms with van der Waals surface area (Å²) in [6, 6.07) is 5.74. The molecule has 4 nitrogen and oxygen atoms in total. The Morgan fingerprint density at radius 1 is 1.37 bits per heavy atom. The smallest absolute Gasteiger partial charge is 0.222 e. The van der Waals surface area contributed by atoms with Gasteiger partial charge in [0.1, 0.15) is 0 Å². The summed E-state index contributed by atoms with van der Waals surface area (Å²) in [6.07, 6.45) is 4.13. The second kappa shape index (κ2) is 7.24. The number of nitrogens with zero attached hydrogens (tertiary/aromatic N) is 2. The number of carbonyl (C=O) groups excluding carboxylic acids is 1. The van der Waals surface area contributed by atoms with Gasteiger partial charge in [0.15, 0.2) is 0 Å². The second-order valence-corrected chi connectivity index (χ2v) is 5.77. The molecule has 0 unspecified atom stereocenters. The van der Waals surface area contributed by atoms with Crippen LogP contribution in [0.25, 0.3) is 0 Å². The molecule has 1 rings (SSSR count). The van der Waals surface area contributed by atoms with E-state index in [1.165, 1.54) is 0 Å². The molecule has 0 bridgehead atoms. The van der Waals surface area contributed by atoms with Crippen molar-refractivity contribution in [2.24, 2.45) is 11.1 Å². The minimum Gasteiger partial charge on any atom is -0.340 e. The number of rotatable bonds is 7. The van der Waals surface area contributed by atoms with Crippen molar-refractivity contribution in [3.8, 4) is 0 Å². The Bertz CT molecular complexity index is 390. The molecule has 0 aromatic carbocycles. The lowest BCUT2D eigenvalue weighted by Crippen LogP contribution is -2.28. The van der Waals surface area contributed by atoms with E-state index >= 15 is 0 Å². The van der Waals surface area contributed by atoms with Crippen LogP contribution in [0.2, 0.25) is 0 Å². The van der Waals surface area contributed by atoms with Gasteiger partial charge in [-0.2, -0.15) is 0 Å². The number of carbonyl (C=O) groups is 1. The topological polar surface area (TPSA) is 59.2 Å². The lowest BCUT2D eigenvalue weighted by Gasteiger charge is -2.25. The zero-order chi connectivity index (χ0) is 14.3. The van der Waals surface area contributed by atoms with E-state index in [0.717, 1.165) is 18.5 Å². The fourth-order valence-corrected chi connectivity index (χ4v) is 1.97. The Balaban J connectivity index is 2.41. The van der Waals surface area contributed by atoms with Crippen molar-refractivity contribution in [1.29, 1.82) is 0 Å². The first-order valence-corrected chi connectivity index (χ1v) is 6.78. The highest BCUT2D eigenvalue weighted by atomic mass is 16.2. The third-order valence-electron chi connectivity index (χ3n) is 3.39. The van der Waals surface area contributed by atoms with Gasteiger partial charge in [-0.05, 0) is 36.9 Å². The molecule has 0 spiro atoms. The SMILES string of the molecule is CN(Cc1ccccn1)C(=O)CCC(C)(C)CCN. The Morgan fingerprint density at radius 2 is 2.11 bits per heavy atom. The van der Waals surface area contributed by atoms with Gasteiger partial charge in [-0.3, -0.25) is 9.78 Å². The summed E-state index contributed by atoms with van der Waals surface area (Å²) in [7, 11) is 1.83. The number of amides is 1. The quantitative estimate of drug-likeness (QED) is 0.820. The Morgan fingerprint density at radius 3 is 2.68 bits per heavy atom. The van der Waals surface area contributed by atoms with Crippen LogP contribution < -0.4 is 5.73 Å². The van der Waals surface area contributed by atoms with E-state index in [4.69, 9.17) is 5.73 Å². The summed E-state index contributed by atoms with van der Waals surface area (Å²) < 4.78 is 0. The molecule has 0 atom stereocenters. The van der Waals surface area contributed by atoms with Crippen molar-refractivity contribution in [2.45, 2.75) is 39.7 Å². The van der Waals surface area contributed by atoms with E-state index in [1.54, 1.807) is 11.1 Å².